The number of benzene rings is 2. The van der Waals surface area contributed by atoms with E-state index in [2.05, 4.69) is 5.32 Å². The highest BCUT2D eigenvalue weighted by Gasteiger charge is 2.36. The molecule has 8 heteroatoms. The molecule has 0 saturated heterocycles. The van der Waals surface area contributed by atoms with Crippen molar-refractivity contribution in [2.45, 2.75) is 19.1 Å². The van der Waals surface area contributed by atoms with Crippen LogP contribution in [-0.4, -0.2) is 33.8 Å². The number of anilines is 1. The number of hydrogen-bond donors (Lipinski definition) is 1. The van der Waals surface area contributed by atoms with Gasteiger partial charge in [-0.2, -0.15) is 5.10 Å². The zero-order valence-electron chi connectivity index (χ0n) is 18.7. The first kappa shape index (κ1) is 20.4. The van der Waals surface area contributed by atoms with Gasteiger partial charge in [0.2, 0.25) is 0 Å². The Balaban J connectivity index is 1.44. The van der Waals surface area contributed by atoms with Crippen LogP contribution in [-0.2, 0) is 13.6 Å². The smallest absolute Gasteiger partial charge is 0.258 e. The standard InChI is InChI=1S/C26H24N4O4/c1-29-16-20(24(28-29)17-9-10-22-23(14-17)34-13-5-12-33-22)25-27-21-8-3-2-7-19(21)26(31)30(25)15-18-6-4-11-32-18/h2-4,6-11,14,16,25,27H,5,12-13,15H2,1H3/t25-/m0/s1. The van der Waals surface area contributed by atoms with Crippen LogP contribution in [0.3, 0.4) is 0 Å². The minimum Gasteiger partial charge on any atom is -0.490 e. The van der Waals surface area contributed by atoms with Gasteiger partial charge in [0, 0.05) is 36.5 Å². The van der Waals surface area contributed by atoms with Crippen LogP contribution >= 0.6 is 0 Å². The third-order valence-corrected chi connectivity index (χ3v) is 6.10. The Morgan fingerprint density at radius 3 is 2.76 bits per heavy atom. The minimum absolute atomic E-state index is 0.0655. The fourth-order valence-electron chi connectivity index (χ4n) is 4.51. The van der Waals surface area contributed by atoms with Crippen LogP contribution in [0.15, 0.2) is 71.5 Å². The molecule has 8 nitrogen and oxygen atoms in total. The monoisotopic (exact) mass is 456 g/mol. The van der Waals surface area contributed by atoms with Crippen molar-refractivity contribution in [3.63, 3.8) is 0 Å². The molecule has 2 aliphatic heterocycles. The molecule has 4 aromatic rings. The summed E-state index contributed by atoms with van der Waals surface area (Å²) in [4.78, 5) is 15.4. The second kappa shape index (κ2) is 8.30. The lowest BCUT2D eigenvalue weighted by atomic mass is 10.0. The van der Waals surface area contributed by atoms with E-state index in [-0.39, 0.29) is 5.91 Å². The van der Waals surface area contributed by atoms with Crippen LogP contribution in [0, 0.1) is 0 Å². The van der Waals surface area contributed by atoms with Gasteiger partial charge in [-0.1, -0.05) is 12.1 Å². The number of aryl methyl sites for hydroxylation is 1. The molecule has 0 saturated carbocycles. The van der Waals surface area contributed by atoms with Crippen molar-refractivity contribution in [3.05, 3.63) is 83.9 Å². The van der Waals surface area contributed by atoms with E-state index in [9.17, 15) is 4.79 Å². The van der Waals surface area contributed by atoms with Crippen molar-refractivity contribution < 1.29 is 18.7 Å². The van der Waals surface area contributed by atoms with Gasteiger partial charge in [-0.05, 0) is 42.5 Å². The lowest BCUT2D eigenvalue weighted by molar-refractivity contribution is 0.0652. The summed E-state index contributed by atoms with van der Waals surface area (Å²) >= 11 is 0. The molecule has 0 radical (unpaired) electrons. The van der Waals surface area contributed by atoms with Crippen molar-refractivity contribution >= 4 is 11.6 Å². The molecule has 0 bridgehead atoms. The van der Waals surface area contributed by atoms with Gasteiger partial charge in [-0.3, -0.25) is 9.48 Å². The van der Waals surface area contributed by atoms with Crippen LogP contribution in [0.4, 0.5) is 5.69 Å². The highest BCUT2D eigenvalue weighted by atomic mass is 16.5. The van der Waals surface area contributed by atoms with Crippen LogP contribution in [0.25, 0.3) is 11.3 Å². The quantitative estimate of drug-likeness (QED) is 0.483. The molecule has 0 spiro atoms. The second-order valence-electron chi connectivity index (χ2n) is 8.42. The molecule has 6 rings (SSSR count). The topological polar surface area (TPSA) is 81.8 Å². The summed E-state index contributed by atoms with van der Waals surface area (Å²) in [7, 11) is 1.88. The molecular weight excluding hydrogens is 432 g/mol. The summed E-state index contributed by atoms with van der Waals surface area (Å²) in [6.45, 7) is 1.57. The number of carbonyl (C=O) groups is 1. The van der Waals surface area contributed by atoms with E-state index in [0.29, 0.717) is 36.8 Å². The van der Waals surface area contributed by atoms with Crippen molar-refractivity contribution in [2.75, 3.05) is 18.5 Å². The van der Waals surface area contributed by atoms with Gasteiger partial charge in [0.05, 0.1) is 37.3 Å². The fourth-order valence-corrected chi connectivity index (χ4v) is 4.51. The number of hydrogen-bond acceptors (Lipinski definition) is 6. The van der Waals surface area contributed by atoms with Crippen molar-refractivity contribution in [3.8, 4) is 22.8 Å². The van der Waals surface area contributed by atoms with E-state index in [1.807, 2.05) is 67.8 Å². The molecule has 2 aliphatic rings. The zero-order valence-corrected chi connectivity index (χ0v) is 18.7. The zero-order chi connectivity index (χ0) is 23.1. The highest BCUT2D eigenvalue weighted by Crippen LogP contribution is 2.40. The molecular formula is C26H24N4O4. The number of furan rings is 1. The number of fused-ring (bicyclic) bond motifs is 2. The molecule has 2 aromatic carbocycles. The Morgan fingerprint density at radius 2 is 1.91 bits per heavy atom. The summed E-state index contributed by atoms with van der Waals surface area (Å²) < 4.78 is 19.0. The number of rotatable bonds is 4. The Bertz CT molecular complexity index is 1340. The van der Waals surface area contributed by atoms with Crippen molar-refractivity contribution in [1.82, 2.24) is 14.7 Å². The average Bonchev–Trinajstić information content (AvgIpc) is 3.44. The number of nitrogens with zero attached hydrogens (tertiary/aromatic N) is 3. The minimum atomic E-state index is -0.438. The van der Waals surface area contributed by atoms with E-state index in [0.717, 1.165) is 34.7 Å². The van der Waals surface area contributed by atoms with Gasteiger partial charge >= 0.3 is 0 Å². The normalized spacial score (nSPS) is 17.1. The summed E-state index contributed by atoms with van der Waals surface area (Å²) in [5, 5.41) is 8.32. The number of carbonyl (C=O) groups excluding carboxylic acids is 1. The van der Waals surface area contributed by atoms with E-state index < -0.39 is 6.17 Å². The summed E-state index contributed by atoms with van der Waals surface area (Å²) in [5.41, 5.74) is 3.97. The molecule has 0 fully saturated rings. The van der Waals surface area contributed by atoms with Gasteiger partial charge < -0.3 is 24.1 Å². The van der Waals surface area contributed by atoms with Crippen molar-refractivity contribution in [2.24, 2.45) is 7.05 Å². The Morgan fingerprint density at radius 1 is 1.06 bits per heavy atom. The largest absolute Gasteiger partial charge is 0.490 e. The van der Waals surface area contributed by atoms with Gasteiger partial charge in [0.25, 0.3) is 5.91 Å². The molecule has 1 amide bonds. The predicted octanol–water partition coefficient (Wildman–Crippen LogP) is 4.61. The summed E-state index contributed by atoms with van der Waals surface area (Å²) in [6.07, 6.45) is 3.97. The second-order valence-corrected chi connectivity index (χ2v) is 8.42. The first-order chi connectivity index (χ1) is 16.7. The lowest BCUT2D eigenvalue weighted by Gasteiger charge is -2.37. The number of ether oxygens (including phenoxy) is 2. The lowest BCUT2D eigenvalue weighted by Crippen LogP contribution is -2.42. The van der Waals surface area contributed by atoms with E-state index in [4.69, 9.17) is 19.0 Å². The number of aromatic nitrogens is 2. The first-order valence-electron chi connectivity index (χ1n) is 11.3. The van der Waals surface area contributed by atoms with Crippen LogP contribution in [0.5, 0.6) is 11.5 Å². The van der Waals surface area contributed by atoms with Gasteiger partial charge in [-0.15, -0.1) is 0 Å². The molecule has 34 heavy (non-hydrogen) atoms. The molecule has 1 N–H and O–H groups in total. The van der Waals surface area contributed by atoms with E-state index in [1.54, 1.807) is 15.8 Å². The molecule has 0 unspecified atom stereocenters. The van der Waals surface area contributed by atoms with Gasteiger partial charge in [0.15, 0.2) is 11.5 Å². The average molecular weight is 457 g/mol. The van der Waals surface area contributed by atoms with E-state index in [1.165, 1.54) is 0 Å². The molecule has 172 valence electrons. The number of nitrogens with one attached hydrogen (secondary N) is 1. The maximum atomic E-state index is 13.6. The number of amides is 1. The third-order valence-electron chi connectivity index (χ3n) is 6.10. The van der Waals surface area contributed by atoms with Gasteiger partial charge in [-0.25, -0.2) is 0 Å². The summed E-state index contributed by atoms with van der Waals surface area (Å²) in [5.74, 6) is 2.08. The predicted molar refractivity (Wildman–Crippen MR) is 126 cm³/mol. The fraction of sp³-hybridized carbons (Fsp3) is 0.231. The van der Waals surface area contributed by atoms with Crippen molar-refractivity contribution in [1.29, 1.82) is 0 Å². The third kappa shape index (κ3) is 3.57. The van der Waals surface area contributed by atoms with Crippen LogP contribution < -0.4 is 14.8 Å². The Labute approximate surface area is 196 Å². The molecule has 1 atom stereocenters. The maximum absolute atomic E-state index is 13.6. The van der Waals surface area contributed by atoms with E-state index >= 15 is 0 Å². The summed E-state index contributed by atoms with van der Waals surface area (Å²) in [6, 6.07) is 17.1. The Kier molecular flexibility index (Phi) is 4.98. The van der Waals surface area contributed by atoms with Gasteiger partial charge in [0.1, 0.15) is 11.9 Å². The molecule has 2 aromatic heterocycles. The maximum Gasteiger partial charge on any atom is 0.258 e. The SMILES string of the molecule is Cn1cc([C@H]2Nc3ccccc3C(=O)N2Cc2ccco2)c(-c2ccc3c(c2)OCCCO3)n1. The first-order valence-corrected chi connectivity index (χ1v) is 11.3. The molecule has 4 heterocycles. The Hall–Kier alpha value is -4.20. The van der Waals surface area contributed by atoms with Crippen LogP contribution in [0.2, 0.25) is 0 Å². The van der Waals surface area contributed by atoms with Crippen LogP contribution in [0.1, 0.15) is 34.3 Å². The highest BCUT2D eigenvalue weighted by molar-refractivity contribution is 6.01. The molecule has 0 aliphatic carbocycles. The number of para-hydroxylation sites is 1.